The van der Waals surface area contributed by atoms with Crippen LogP contribution >= 0.6 is 0 Å². The van der Waals surface area contributed by atoms with Crippen LogP contribution in [0.25, 0.3) is 0 Å². The molecule has 1 N–H and O–H groups in total. The van der Waals surface area contributed by atoms with Gasteiger partial charge in [-0.25, -0.2) is 0 Å². The maximum atomic E-state index is 11.0. The van der Waals surface area contributed by atoms with Crippen molar-refractivity contribution < 1.29 is 22.1 Å². The standard InChI is InChI=1S/C2HF5N2/c3-2(4,5)1(8-6)9-7/h(H,8,9). The van der Waals surface area contributed by atoms with Crippen molar-refractivity contribution >= 4 is 5.84 Å². The van der Waals surface area contributed by atoms with Crippen LogP contribution in [-0.4, -0.2) is 12.0 Å². The average Bonchev–Trinajstić information content (AvgIpc) is 1.65. The third-order valence-electron chi connectivity index (χ3n) is 0.443. The Morgan fingerprint density at radius 3 is 1.78 bits per heavy atom. The van der Waals surface area contributed by atoms with Gasteiger partial charge in [0.2, 0.25) is 0 Å². The van der Waals surface area contributed by atoms with E-state index in [9.17, 15) is 22.1 Å². The Hall–Kier alpha value is -0.880. The van der Waals surface area contributed by atoms with Gasteiger partial charge in [-0.3, -0.25) is 0 Å². The highest BCUT2D eigenvalue weighted by molar-refractivity contribution is 5.85. The molecule has 0 aromatic rings. The molecule has 0 atom stereocenters. The van der Waals surface area contributed by atoms with Gasteiger partial charge in [0.1, 0.15) is 0 Å². The first-order valence-electron chi connectivity index (χ1n) is 1.65. The van der Waals surface area contributed by atoms with E-state index < -0.39 is 12.0 Å². The number of nitrogens with one attached hydrogen (secondary N) is 1. The number of amidine groups is 1. The van der Waals surface area contributed by atoms with Gasteiger partial charge in [0.05, 0.1) is 0 Å². The SMILES string of the molecule is FN=C(NF)C(F)(F)F. The molecule has 0 aromatic carbocycles. The van der Waals surface area contributed by atoms with Gasteiger partial charge in [0, 0.05) is 0 Å². The van der Waals surface area contributed by atoms with Crippen LogP contribution in [0.2, 0.25) is 0 Å². The van der Waals surface area contributed by atoms with Crippen LogP contribution in [0.15, 0.2) is 5.21 Å². The van der Waals surface area contributed by atoms with Gasteiger partial charge in [-0.05, 0) is 0 Å². The topological polar surface area (TPSA) is 24.4 Å². The molecule has 54 valence electrons. The minimum atomic E-state index is -5.09. The van der Waals surface area contributed by atoms with Crippen LogP contribution in [0, 0.1) is 0 Å². The summed E-state index contributed by atoms with van der Waals surface area (Å²) in [4.78, 5) is 0. The van der Waals surface area contributed by atoms with E-state index in [1.165, 1.54) is 0 Å². The fourth-order valence-corrected chi connectivity index (χ4v) is 0.117. The Bertz CT molecular complexity index is 115. The number of halogens is 5. The number of hydrogen-bond donors (Lipinski definition) is 1. The lowest BCUT2D eigenvalue weighted by atomic mass is 10.6. The van der Waals surface area contributed by atoms with E-state index in [1.807, 2.05) is 0 Å². The third kappa shape index (κ3) is 2.24. The lowest BCUT2D eigenvalue weighted by Crippen LogP contribution is -2.31. The summed E-state index contributed by atoms with van der Waals surface area (Å²) in [6, 6.07) is 0. The van der Waals surface area contributed by atoms with E-state index in [-0.39, 0.29) is 5.54 Å². The van der Waals surface area contributed by atoms with Crippen molar-refractivity contribution in [3.63, 3.8) is 0 Å². The molecule has 0 aliphatic carbocycles. The zero-order valence-corrected chi connectivity index (χ0v) is 3.84. The number of alkyl halides is 3. The second-order valence-electron chi connectivity index (χ2n) is 1.03. The molecule has 0 heterocycles. The summed E-state index contributed by atoms with van der Waals surface area (Å²) in [5, 5.41) is 1.08. The van der Waals surface area contributed by atoms with Crippen LogP contribution in [-0.2, 0) is 0 Å². The molecule has 0 rings (SSSR count). The molecule has 0 radical (unpaired) electrons. The summed E-state index contributed by atoms with van der Waals surface area (Å²) in [7, 11) is 0. The van der Waals surface area contributed by atoms with Gasteiger partial charge in [-0.1, -0.05) is 9.70 Å². The minimum absolute atomic E-state index is 0.0417. The number of rotatable bonds is 0. The molecule has 9 heavy (non-hydrogen) atoms. The molecular formula is C2HF5N2. The molecular weight excluding hydrogens is 147 g/mol. The minimum Gasteiger partial charge on any atom is -0.199 e. The molecule has 0 saturated heterocycles. The fourth-order valence-electron chi connectivity index (χ4n) is 0.117. The monoisotopic (exact) mass is 148 g/mol. The maximum Gasteiger partial charge on any atom is 0.454 e. The molecule has 0 spiro atoms. The summed E-state index contributed by atoms with van der Waals surface area (Å²) in [5.41, 5.74) is 0.0417. The first kappa shape index (κ1) is 8.12. The number of nitrogens with zero attached hydrogens (tertiary/aromatic N) is 1. The van der Waals surface area contributed by atoms with E-state index in [2.05, 4.69) is 0 Å². The Morgan fingerprint density at radius 1 is 1.33 bits per heavy atom. The van der Waals surface area contributed by atoms with Crippen molar-refractivity contribution in [3.8, 4) is 0 Å². The maximum absolute atomic E-state index is 11.0. The van der Waals surface area contributed by atoms with Crippen LogP contribution < -0.4 is 5.54 Å². The molecule has 0 fully saturated rings. The van der Waals surface area contributed by atoms with Crippen molar-refractivity contribution in [3.05, 3.63) is 0 Å². The Labute approximate surface area is 46.2 Å². The molecule has 0 aliphatic heterocycles. The first-order chi connectivity index (χ1) is 4.02. The Kier molecular flexibility index (Phi) is 2.35. The van der Waals surface area contributed by atoms with Gasteiger partial charge in [-0.2, -0.15) is 18.7 Å². The molecule has 2 nitrogen and oxygen atoms in total. The quantitative estimate of drug-likeness (QED) is 0.238. The van der Waals surface area contributed by atoms with Crippen molar-refractivity contribution in [1.82, 2.24) is 5.54 Å². The Morgan fingerprint density at radius 2 is 1.78 bits per heavy atom. The average molecular weight is 148 g/mol. The summed E-state index contributed by atoms with van der Waals surface area (Å²) in [6.45, 7) is 0. The van der Waals surface area contributed by atoms with Crippen molar-refractivity contribution in [2.24, 2.45) is 5.21 Å². The molecule has 0 aromatic heterocycles. The summed E-state index contributed by atoms with van der Waals surface area (Å²) in [6.07, 6.45) is -5.09. The smallest absolute Gasteiger partial charge is 0.199 e. The van der Waals surface area contributed by atoms with Gasteiger partial charge in [-0.15, -0.1) is 4.48 Å². The summed E-state index contributed by atoms with van der Waals surface area (Å²) < 4.78 is 54.7. The van der Waals surface area contributed by atoms with Gasteiger partial charge in [0.25, 0.3) is 5.84 Å². The second kappa shape index (κ2) is 2.60. The van der Waals surface area contributed by atoms with Crippen molar-refractivity contribution in [1.29, 1.82) is 0 Å². The predicted molar refractivity (Wildman–Crippen MR) is 18.8 cm³/mol. The molecule has 0 aliphatic rings. The molecule has 0 bridgehead atoms. The fraction of sp³-hybridized carbons (Fsp3) is 0.500. The first-order valence-corrected chi connectivity index (χ1v) is 1.65. The van der Waals surface area contributed by atoms with E-state index in [0.29, 0.717) is 0 Å². The summed E-state index contributed by atoms with van der Waals surface area (Å²) >= 11 is 0. The zero-order valence-electron chi connectivity index (χ0n) is 3.84. The second-order valence-corrected chi connectivity index (χ2v) is 1.03. The highest BCUT2D eigenvalue weighted by atomic mass is 19.4. The van der Waals surface area contributed by atoms with Crippen molar-refractivity contribution in [2.45, 2.75) is 6.18 Å². The van der Waals surface area contributed by atoms with Gasteiger partial charge < -0.3 is 0 Å². The highest BCUT2D eigenvalue weighted by Crippen LogP contribution is 2.15. The predicted octanol–water partition coefficient (Wildman–Crippen LogP) is 1.31. The molecule has 0 amide bonds. The van der Waals surface area contributed by atoms with E-state index in [1.54, 1.807) is 0 Å². The van der Waals surface area contributed by atoms with Gasteiger partial charge in [0.15, 0.2) is 0 Å². The summed E-state index contributed by atoms with van der Waals surface area (Å²) in [5.74, 6) is -2.29. The van der Waals surface area contributed by atoms with Crippen molar-refractivity contribution in [2.75, 3.05) is 0 Å². The largest absolute Gasteiger partial charge is 0.454 e. The normalized spacial score (nSPS) is 13.7. The van der Waals surface area contributed by atoms with Crippen LogP contribution in [0.5, 0.6) is 0 Å². The third-order valence-corrected chi connectivity index (χ3v) is 0.443. The zero-order chi connectivity index (χ0) is 7.49. The van der Waals surface area contributed by atoms with Crippen LogP contribution in [0.4, 0.5) is 22.1 Å². The van der Waals surface area contributed by atoms with Crippen LogP contribution in [0.1, 0.15) is 0 Å². The molecule has 0 saturated carbocycles. The van der Waals surface area contributed by atoms with E-state index in [0.717, 1.165) is 5.21 Å². The van der Waals surface area contributed by atoms with Crippen LogP contribution in [0.3, 0.4) is 0 Å². The Balaban J connectivity index is 4.14. The number of hydrogen-bond acceptors (Lipinski definition) is 1. The lowest BCUT2D eigenvalue weighted by Gasteiger charge is -2.02. The molecule has 0 unspecified atom stereocenters. The van der Waals surface area contributed by atoms with Gasteiger partial charge >= 0.3 is 6.18 Å². The molecule has 7 heteroatoms. The van der Waals surface area contributed by atoms with E-state index >= 15 is 0 Å². The lowest BCUT2D eigenvalue weighted by molar-refractivity contribution is -0.0659. The highest BCUT2D eigenvalue weighted by Gasteiger charge is 2.37. The van der Waals surface area contributed by atoms with E-state index in [4.69, 9.17) is 0 Å².